The molecular weight excluding hydrogens is 224 g/mol. The molecule has 0 bridgehead atoms. The molecule has 0 spiro atoms. The van der Waals surface area contributed by atoms with Gasteiger partial charge in [-0.05, 0) is 6.92 Å². The number of methoxy groups -OCH3 is 1. The van der Waals surface area contributed by atoms with Crippen LogP contribution >= 0.6 is 0 Å². The van der Waals surface area contributed by atoms with E-state index in [-0.39, 0.29) is 6.10 Å². The van der Waals surface area contributed by atoms with Crippen molar-refractivity contribution in [1.29, 1.82) is 0 Å². The maximum absolute atomic E-state index is 10.3. The predicted octanol–water partition coefficient (Wildman–Crippen LogP) is 0.360. The van der Waals surface area contributed by atoms with E-state index in [1.807, 2.05) is 6.92 Å². The van der Waals surface area contributed by atoms with Crippen molar-refractivity contribution < 1.29 is 19.3 Å². The van der Waals surface area contributed by atoms with E-state index in [4.69, 9.17) is 14.2 Å². The Morgan fingerprint density at radius 2 is 2.47 bits per heavy atom. The summed E-state index contributed by atoms with van der Waals surface area (Å²) in [6.45, 7) is 4.10. The normalized spacial score (nSPS) is 22.4. The summed E-state index contributed by atoms with van der Waals surface area (Å²) in [5.74, 6) is 0.577. The fraction of sp³-hybridized carbons (Fsp3) is 0.727. The molecular formula is C11H18N2O4. The van der Waals surface area contributed by atoms with Crippen molar-refractivity contribution in [3.05, 3.63) is 11.9 Å². The van der Waals surface area contributed by atoms with Crippen LogP contribution < -0.4 is 4.74 Å². The zero-order chi connectivity index (χ0) is 12.3. The Bertz CT molecular complexity index is 339. The first kappa shape index (κ1) is 12.3. The first-order valence-corrected chi connectivity index (χ1v) is 5.75. The zero-order valence-electron chi connectivity index (χ0n) is 10.1. The summed E-state index contributed by atoms with van der Waals surface area (Å²) in [7, 11) is 1.56. The maximum atomic E-state index is 10.3. The standard InChI is InChI=1S/C11H18N2O4/c1-3-13-10(8(15-2)6-12-13)11(14)9-7-16-4-5-17-9/h6,9,11,14H,3-5,7H2,1-2H3. The largest absolute Gasteiger partial charge is 0.493 e. The molecule has 17 heavy (non-hydrogen) atoms. The van der Waals surface area contributed by atoms with Crippen LogP contribution in [0.25, 0.3) is 0 Å². The van der Waals surface area contributed by atoms with Gasteiger partial charge in [-0.25, -0.2) is 0 Å². The van der Waals surface area contributed by atoms with E-state index in [0.717, 1.165) is 0 Å². The molecule has 0 amide bonds. The fourth-order valence-electron chi connectivity index (χ4n) is 1.95. The molecule has 6 nitrogen and oxygen atoms in total. The highest BCUT2D eigenvalue weighted by Crippen LogP contribution is 2.29. The minimum absolute atomic E-state index is 0.361. The predicted molar refractivity (Wildman–Crippen MR) is 60.0 cm³/mol. The molecule has 2 atom stereocenters. The highest BCUT2D eigenvalue weighted by atomic mass is 16.6. The van der Waals surface area contributed by atoms with Crippen molar-refractivity contribution in [2.45, 2.75) is 25.7 Å². The smallest absolute Gasteiger partial charge is 0.162 e. The van der Waals surface area contributed by atoms with Crippen LogP contribution in [0.2, 0.25) is 0 Å². The van der Waals surface area contributed by atoms with E-state index in [9.17, 15) is 5.11 Å². The Morgan fingerprint density at radius 1 is 1.65 bits per heavy atom. The second kappa shape index (κ2) is 5.48. The summed E-state index contributed by atoms with van der Waals surface area (Å²) < 4.78 is 17.7. The first-order chi connectivity index (χ1) is 8.27. The molecule has 1 saturated heterocycles. The number of aromatic nitrogens is 2. The second-order valence-corrected chi connectivity index (χ2v) is 3.84. The van der Waals surface area contributed by atoms with E-state index in [1.54, 1.807) is 18.0 Å². The third-order valence-corrected chi connectivity index (χ3v) is 2.84. The Balaban J connectivity index is 2.21. The van der Waals surface area contributed by atoms with E-state index in [0.29, 0.717) is 37.8 Å². The fourth-order valence-corrected chi connectivity index (χ4v) is 1.95. The van der Waals surface area contributed by atoms with Crippen molar-refractivity contribution >= 4 is 0 Å². The average molecular weight is 242 g/mol. The Labute approximate surface area is 100 Å². The van der Waals surface area contributed by atoms with Crippen molar-refractivity contribution in [1.82, 2.24) is 9.78 Å². The number of aliphatic hydroxyl groups is 1. The van der Waals surface area contributed by atoms with Gasteiger partial charge in [0.05, 0.1) is 33.1 Å². The Morgan fingerprint density at radius 3 is 3.06 bits per heavy atom. The van der Waals surface area contributed by atoms with Gasteiger partial charge in [0.15, 0.2) is 5.75 Å². The molecule has 1 aromatic rings. The number of rotatable bonds is 4. The van der Waals surface area contributed by atoms with Crippen molar-refractivity contribution in [2.24, 2.45) is 0 Å². The van der Waals surface area contributed by atoms with E-state index >= 15 is 0 Å². The molecule has 0 saturated carbocycles. The lowest BCUT2D eigenvalue weighted by molar-refractivity contribution is -0.135. The van der Waals surface area contributed by atoms with Crippen LogP contribution in [0.5, 0.6) is 5.75 Å². The minimum atomic E-state index is -0.785. The molecule has 2 heterocycles. The van der Waals surface area contributed by atoms with Crippen molar-refractivity contribution in [3.63, 3.8) is 0 Å². The first-order valence-electron chi connectivity index (χ1n) is 5.75. The van der Waals surface area contributed by atoms with Gasteiger partial charge in [-0.2, -0.15) is 5.10 Å². The average Bonchev–Trinajstić information content (AvgIpc) is 2.81. The molecule has 2 unspecified atom stereocenters. The summed E-state index contributed by atoms with van der Waals surface area (Å²) in [6, 6.07) is 0. The molecule has 0 aromatic carbocycles. The minimum Gasteiger partial charge on any atom is -0.493 e. The lowest BCUT2D eigenvalue weighted by atomic mass is 10.1. The summed E-state index contributed by atoms with van der Waals surface area (Å²) in [6.07, 6.45) is 0.457. The van der Waals surface area contributed by atoms with Gasteiger partial charge in [-0.1, -0.05) is 0 Å². The lowest BCUT2D eigenvalue weighted by Crippen LogP contribution is -2.34. The van der Waals surface area contributed by atoms with Crippen molar-refractivity contribution in [2.75, 3.05) is 26.9 Å². The van der Waals surface area contributed by atoms with Gasteiger partial charge >= 0.3 is 0 Å². The molecule has 1 fully saturated rings. The SMILES string of the molecule is CCn1ncc(OC)c1C(O)C1COCCO1. The Kier molecular flexibility index (Phi) is 3.98. The molecule has 0 aliphatic carbocycles. The van der Waals surface area contributed by atoms with Crippen LogP contribution in [-0.4, -0.2) is 47.9 Å². The number of ether oxygens (including phenoxy) is 3. The molecule has 6 heteroatoms. The molecule has 0 radical (unpaired) electrons. The van der Waals surface area contributed by atoms with Gasteiger partial charge in [-0.15, -0.1) is 0 Å². The van der Waals surface area contributed by atoms with Crippen LogP contribution in [0.3, 0.4) is 0 Å². The van der Waals surface area contributed by atoms with Gasteiger partial charge in [0.25, 0.3) is 0 Å². The summed E-state index contributed by atoms with van der Waals surface area (Å²) in [4.78, 5) is 0. The number of aryl methyl sites for hydroxylation is 1. The Hall–Kier alpha value is -1.11. The van der Waals surface area contributed by atoms with Gasteiger partial charge in [0.1, 0.15) is 17.9 Å². The monoisotopic (exact) mass is 242 g/mol. The van der Waals surface area contributed by atoms with Gasteiger partial charge in [0.2, 0.25) is 0 Å². The molecule has 1 N–H and O–H groups in total. The van der Waals surface area contributed by atoms with Crippen LogP contribution in [0.15, 0.2) is 6.20 Å². The third kappa shape index (κ3) is 2.43. The quantitative estimate of drug-likeness (QED) is 0.825. The van der Waals surface area contributed by atoms with Gasteiger partial charge in [0, 0.05) is 6.54 Å². The highest BCUT2D eigenvalue weighted by molar-refractivity contribution is 5.28. The number of hydrogen-bond acceptors (Lipinski definition) is 5. The molecule has 1 aliphatic heterocycles. The van der Waals surface area contributed by atoms with Crippen molar-refractivity contribution in [3.8, 4) is 5.75 Å². The van der Waals surface area contributed by atoms with Gasteiger partial charge < -0.3 is 19.3 Å². The molecule has 1 aliphatic rings. The van der Waals surface area contributed by atoms with Gasteiger partial charge in [-0.3, -0.25) is 4.68 Å². The maximum Gasteiger partial charge on any atom is 0.162 e. The zero-order valence-corrected chi connectivity index (χ0v) is 10.1. The number of aliphatic hydroxyl groups excluding tert-OH is 1. The highest BCUT2D eigenvalue weighted by Gasteiger charge is 2.30. The van der Waals surface area contributed by atoms with Crippen LogP contribution in [0.1, 0.15) is 18.7 Å². The van der Waals surface area contributed by atoms with Crippen LogP contribution in [0.4, 0.5) is 0 Å². The molecule has 1 aromatic heterocycles. The number of nitrogens with zero attached hydrogens (tertiary/aromatic N) is 2. The van der Waals surface area contributed by atoms with E-state index in [2.05, 4.69) is 5.10 Å². The summed E-state index contributed by atoms with van der Waals surface area (Å²) >= 11 is 0. The lowest BCUT2D eigenvalue weighted by Gasteiger charge is -2.27. The number of hydrogen-bond donors (Lipinski definition) is 1. The van der Waals surface area contributed by atoms with E-state index in [1.165, 1.54) is 0 Å². The summed E-state index contributed by atoms with van der Waals surface area (Å²) in [5.41, 5.74) is 0.644. The topological polar surface area (TPSA) is 65.7 Å². The van der Waals surface area contributed by atoms with E-state index < -0.39 is 6.10 Å². The molecule has 2 rings (SSSR count). The summed E-state index contributed by atoms with van der Waals surface area (Å²) in [5, 5.41) is 14.5. The third-order valence-electron chi connectivity index (χ3n) is 2.84. The second-order valence-electron chi connectivity index (χ2n) is 3.84. The van der Waals surface area contributed by atoms with Crippen LogP contribution in [0, 0.1) is 0 Å². The van der Waals surface area contributed by atoms with Crippen LogP contribution in [-0.2, 0) is 16.0 Å². The molecule has 96 valence electrons.